The molecule has 0 radical (unpaired) electrons. The number of aliphatic hydroxyl groups excluding tert-OH is 2. The smallest absolute Gasteiger partial charge is 0.279 e. The number of hydrogen-bond acceptors (Lipinski definition) is 8. The highest BCUT2D eigenvalue weighted by Gasteiger charge is 2.15. The van der Waals surface area contributed by atoms with Crippen molar-refractivity contribution in [2.45, 2.75) is 13.8 Å². The van der Waals surface area contributed by atoms with Crippen LogP contribution in [0.1, 0.15) is 13.8 Å². The largest absolute Gasteiger partial charge is 0.510 e. The number of aliphatic hydroxyl groups is 2. The third kappa shape index (κ3) is 8.37. The maximum absolute atomic E-state index is 12.6. The van der Waals surface area contributed by atoms with Crippen LogP contribution in [0.5, 0.6) is 0 Å². The zero-order valence-corrected chi connectivity index (χ0v) is 25.0. The van der Waals surface area contributed by atoms with E-state index in [1.54, 1.807) is 84.9 Å². The molecule has 0 heterocycles. The number of anilines is 2. The fraction of sp³-hybridized carbons (Fsp3) is 0.0625. The predicted octanol–water partition coefficient (Wildman–Crippen LogP) is 9.68. The summed E-state index contributed by atoms with van der Waals surface area (Å²) in [5.41, 5.74) is 2.47. The molecule has 0 saturated carbocycles. The number of amides is 2. The molecule has 12 heteroatoms. The van der Waals surface area contributed by atoms with Gasteiger partial charge in [0.2, 0.25) is 0 Å². The summed E-state index contributed by atoms with van der Waals surface area (Å²) in [5, 5.41) is 41.7. The summed E-state index contributed by atoms with van der Waals surface area (Å²) in [4.78, 5) is 25.2. The Bertz CT molecular complexity index is 1670. The molecule has 0 aliphatic heterocycles. The number of hydrogen-bond donors (Lipinski definition) is 4. The third-order valence-electron chi connectivity index (χ3n) is 5.92. The predicted molar refractivity (Wildman–Crippen MR) is 172 cm³/mol. The Kier molecular flexibility index (Phi) is 10.6. The summed E-state index contributed by atoms with van der Waals surface area (Å²) in [5.74, 6) is -1.88. The molecule has 0 unspecified atom stereocenters. The first-order chi connectivity index (χ1) is 21.1. The molecule has 0 aliphatic rings. The quantitative estimate of drug-likeness (QED) is 0.0828. The normalized spacial score (nSPS) is 12.5. The van der Waals surface area contributed by atoms with Crippen LogP contribution in [0.2, 0.25) is 10.0 Å². The van der Waals surface area contributed by atoms with Crippen LogP contribution in [-0.4, -0.2) is 22.0 Å². The van der Waals surface area contributed by atoms with E-state index in [-0.39, 0.29) is 44.3 Å². The Labute approximate surface area is 263 Å². The Morgan fingerprint density at radius 3 is 1.27 bits per heavy atom. The minimum absolute atomic E-state index is 0.238. The highest BCUT2D eigenvalue weighted by atomic mass is 35.5. The standard InChI is InChI=1S/C32H26Cl2N6O4/c1-19(41)29(31(43)35-23-9-5-3-6-10-23)39-37-27-15-13-21(17-25(27)33)22-14-16-28(26(34)18-22)38-40-30(20(2)42)32(44)36-24-11-7-4-8-12-24/h3-18,41-42H,1-2H3,(H,35,43)(H,36,44)/b29-19-,30-20-,39-37?,40-38?. The number of halogens is 2. The topological polar surface area (TPSA) is 148 Å². The van der Waals surface area contributed by atoms with Gasteiger partial charge in [0.15, 0.2) is 11.4 Å². The lowest BCUT2D eigenvalue weighted by atomic mass is 10.1. The number of nitrogens with one attached hydrogen (secondary N) is 2. The van der Waals surface area contributed by atoms with Gasteiger partial charge in [-0.15, -0.1) is 20.5 Å². The second-order valence-corrected chi connectivity index (χ2v) is 10.1. The van der Waals surface area contributed by atoms with Crippen LogP contribution in [-0.2, 0) is 9.59 Å². The molecule has 0 fully saturated rings. The van der Waals surface area contributed by atoms with Crippen LogP contribution >= 0.6 is 23.2 Å². The summed E-state index contributed by atoms with van der Waals surface area (Å²) in [7, 11) is 0. The second kappa shape index (κ2) is 14.7. The molecule has 0 aromatic heterocycles. The van der Waals surface area contributed by atoms with Gasteiger partial charge >= 0.3 is 0 Å². The maximum atomic E-state index is 12.6. The molecule has 0 saturated heterocycles. The molecule has 222 valence electrons. The van der Waals surface area contributed by atoms with E-state index in [1.165, 1.54) is 13.8 Å². The van der Waals surface area contributed by atoms with Crippen molar-refractivity contribution >= 4 is 57.8 Å². The molecule has 0 aliphatic carbocycles. The SMILES string of the molecule is C/C(O)=C(/N=Nc1ccc(-c2ccc(N=N/C(C(=O)Nc3ccccc3)=C(/C)O)c(Cl)c2)cc1Cl)C(=O)Nc1ccccc1. The van der Waals surface area contributed by atoms with Gasteiger partial charge in [-0.1, -0.05) is 71.7 Å². The van der Waals surface area contributed by atoms with E-state index < -0.39 is 11.8 Å². The number of rotatable bonds is 9. The van der Waals surface area contributed by atoms with Gasteiger partial charge in [-0.3, -0.25) is 9.59 Å². The number of carbonyl (C=O) groups excluding carboxylic acids is 2. The Balaban J connectivity index is 1.48. The van der Waals surface area contributed by atoms with E-state index in [2.05, 4.69) is 31.1 Å². The van der Waals surface area contributed by atoms with Crippen LogP contribution < -0.4 is 10.6 Å². The molecule has 0 atom stereocenters. The van der Waals surface area contributed by atoms with Gasteiger partial charge < -0.3 is 20.8 Å². The molecule has 0 spiro atoms. The lowest BCUT2D eigenvalue weighted by Crippen LogP contribution is -2.14. The third-order valence-corrected chi connectivity index (χ3v) is 6.53. The van der Waals surface area contributed by atoms with E-state index in [0.29, 0.717) is 22.5 Å². The van der Waals surface area contributed by atoms with Crippen LogP contribution in [0, 0.1) is 0 Å². The number of para-hydroxylation sites is 2. The lowest BCUT2D eigenvalue weighted by Gasteiger charge is -2.08. The number of azo groups is 2. The van der Waals surface area contributed by atoms with Crippen molar-refractivity contribution < 1.29 is 19.8 Å². The van der Waals surface area contributed by atoms with E-state index in [0.717, 1.165) is 0 Å². The van der Waals surface area contributed by atoms with Crippen LogP contribution in [0.25, 0.3) is 11.1 Å². The van der Waals surface area contributed by atoms with Crippen LogP contribution in [0.4, 0.5) is 22.7 Å². The monoisotopic (exact) mass is 628 g/mol. The van der Waals surface area contributed by atoms with Crippen molar-refractivity contribution in [3.05, 3.63) is 130 Å². The maximum Gasteiger partial charge on any atom is 0.279 e. The summed E-state index contributed by atoms with van der Waals surface area (Å²) in [6, 6.07) is 27.4. The average molecular weight is 630 g/mol. The molecule has 10 nitrogen and oxygen atoms in total. The molecule has 0 bridgehead atoms. The molecule has 4 N–H and O–H groups in total. The van der Waals surface area contributed by atoms with Gasteiger partial charge in [0, 0.05) is 11.4 Å². The minimum atomic E-state index is -0.631. The number of carbonyl (C=O) groups is 2. The van der Waals surface area contributed by atoms with Gasteiger partial charge in [0.1, 0.15) is 22.9 Å². The highest BCUT2D eigenvalue weighted by Crippen LogP contribution is 2.35. The van der Waals surface area contributed by atoms with Crippen molar-refractivity contribution in [1.82, 2.24) is 0 Å². The molecule has 4 aromatic rings. The summed E-state index contributed by atoms with van der Waals surface area (Å²) in [6.45, 7) is 2.66. The zero-order chi connectivity index (χ0) is 31.6. The van der Waals surface area contributed by atoms with E-state index >= 15 is 0 Å². The average Bonchev–Trinajstić information content (AvgIpc) is 2.99. The van der Waals surface area contributed by atoms with E-state index in [9.17, 15) is 19.8 Å². The molecular weight excluding hydrogens is 603 g/mol. The van der Waals surface area contributed by atoms with Crippen molar-refractivity contribution in [1.29, 1.82) is 0 Å². The number of allylic oxidation sites excluding steroid dienone is 2. The van der Waals surface area contributed by atoms with E-state index in [1.807, 2.05) is 12.1 Å². The highest BCUT2D eigenvalue weighted by molar-refractivity contribution is 6.34. The van der Waals surface area contributed by atoms with Gasteiger partial charge in [-0.2, -0.15) is 0 Å². The molecule has 4 rings (SSSR count). The Morgan fingerprint density at radius 2 is 0.955 bits per heavy atom. The lowest BCUT2D eigenvalue weighted by molar-refractivity contribution is -0.113. The number of benzene rings is 4. The van der Waals surface area contributed by atoms with Crippen molar-refractivity contribution in [2.24, 2.45) is 20.5 Å². The molecular formula is C32H26Cl2N6O4. The molecule has 2 amide bonds. The number of nitrogens with zero attached hydrogens (tertiary/aromatic N) is 4. The summed E-state index contributed by atoms with van der Waals surface area (Å²) in [6.07, 6.45) is 0. The molecule has 44 heavy (non-hydrogen) atoms. The summed E-state index contributed by atoms with van der Waals surface area (Å²) >= 11 is 12.9. The van der Waals surface area contributed by atoms with Crippen molar-refractivity contribution in [3.8, 4) is 11.1 Å². The van der Waals surface area contributed by atoms with Crippen molar-refractivity contribution in [2.75, 3.05) is 10.6 Å². The van der Waals surface area contributed by atoms with Crippen LogP contribution in [0.3, 0.4) is 0 Å². The van der Waals surface area contributed by atoms with Gasteiger partial charge in [-0.25, -0.2) is 0 Å². The van der Waals surface area contributed by atoms with E-state index in [4.69, 9.17) is 23.2 Å². The van der Waals surface area contributed by atoms with Crippen molar-refractivity contribution in [3.63, 3.8) is 0 Å². The Morgan fingerprint density at radius 1 is 0.591 bits per heavy atom. The van der Waals surface area contributed by atoms with Gasteiger partial charge in [-0.05, 0) is 73.5 Å². The zero-order valence-electron chi connectivity index (χ0n) is 23.5. The van der Waals surface area contributed by atoms with Gasteiger partial charge in [0.05, 0.1) is 10.0 Å². The minimum Gasteiger partial charge on any atom is -0.510 e. The second-order valence-electron chi connectivity index (χ2n) is 9.24. The summed E-state index contributed by atoms with van der Waals surface area (Å²) < 4.78 is 0. The van der Waals surface area contributed by atoms with Gasteiger partial charge in [0.25, 0.3) is 11.8 Å². The first kappa shape index (κ1) is 31.6. The first-order valence-corrected chi connectivity index (χ1v) is 13.8. The van der Waals surface area contributed by atoms with Crippen LogP contribution in [0.15, 0.2) is 140 Å². The Hall–Kier alpha value is -5.32. The first-order valence-electron chi connectivity index (χ1n) is 13.1. The fourth-order valence-electron chi connectivity index (χ4n) is 3.73. The fourth-order valence-corrected chi connectivity index (χ4v) is 4.17. The molecule has 4 aromatic carbocycles.